The van der Waals surface area contributed by atoms with Crippen LogP contribution in [-0.2, 0) is 0 Å². The third kappa shape index (κ3) is 4.20. The van der Waals surface area contributed by atoms with Gasteiger partial charge in [0.2, 0.25) is 0 Å². The molecule has 1 fully saturated rings. The molecule has 1 aliphatic rings. The van der Waals surface area contributed by atoms with Gasteiger partial charge in [-0.05, 0) is 28.8 Å². The number of carbonyl (C=O) groups is 2. The van der Waals surface area contributed by atoms with Gasteiger partial charge in [0.25, 0.3) is 5.91 Å². The van der Waals surface area contributed by atoms with Gasteiger partial charge in [0.15, 0.2) is 0 Å². The standard InChI is InChI=1S/C19H27N3O2S2/c1-13(19(2,3)4)12-20-18(24)22-8-6-21(7-9-22)17(23)16-11-15-14(26-16)5-10-25-15/h5,10-11,13H,6-9,12H2,1-4H3,(H,20,24). The number of nitrogens with one attached hydrogen (secondary N) is 1. The maximum absolute atomic E-state index is 12.7. The number of thiophene rings is 2. The molecule has 0 aliphatic carbocycles. The van der Waals surface area contributed by atoms with E-state index in [0.29, 0.717) is 38.6 Å². The van der Waals surface area contributed by atoms with Crippen molar-refractivity contribution in [2.24, 2.45) is 11.3 Å². The van der Waals surface area contributed by atoms with Crippen molar-refractivity contribution in [1.29, 1.82) is 0 Å². The number of rotatable bonds is 3. The van der Waals surface area contributed by atoms with Crippen molar-refractivity contribution in [3.05, 3.63) is 22.4 Å². The van der Waals surface area contributed by atoms with Gasteiger partial charge in [0, 0.05) is 42.1 Å². The maximum atomic E-state index is 12.7. The third-order valence-electron chi connectivity index (χ3n) is 5.24. The Hall–Kier alpha value is -1.60. The van der Waals surface area contributed by atoms with E-state index < -0.39 is 0 Å². The molecule has 3 amide bonds. The monoisotopic (exact) mass is 393 g/mol. The van der Waals surface area contributed by atoms with Crippen molar-refractivity contribution >= 4 is 44.0 Å². The van der Waals surface area contributed by atoms with E-state index in [9.17, 15) is 9.59 Å². The van der Waals surface area contributed by atoms with E-state index in [0.717, 1.165) is 4.88 Å². The second-order valence-corrected chi connectivity index (χ2v) is 10.0. The Balaban J connectivity index is 1.49. The van der Waals surface area contributed by atoms with E-state index in [1.807, 2.05) is 21.2 Å². The first-order valence-corrected chi connectivity index (χ1v) is 10.7. The van der Waals surface area contributed by atoms with Gasteiger partial charge in [-0.15, -0.1) is 22.7 Å². The molecule has 2 aromatic heterocycles. The highest BCUT2D eigenvalue weighted by atomic mass is 32.1. The molecule has 142 valence electrons. The zero-order chi connectivity index (χ0) is 18.9. The minimum absolute atomic E-state index is 0.0233. The molecule has 2 aromatic rings. The average Bonchev–Trinajstić information content (AvgIpc) is 3.19. The smallest absolute Gasteiger partial charge is 0.317 e. The summed E-state index contributed by atoms with van der Waals surface area (Å²) in [6.45, 7) is 11.7. The van der Waals surface area contributed by atoms with Crippen LogP contribution in [0.2, 0.25) is 0 Å². The molecule has 0 bridgehead atoms. The van der Waals surface area contributed by atoms with Crippen molar-refractivity contribution in [3.8, 4) is 0 Å². The Morgan fingerprint density at radius 1 is 1.15 bits per heavy atom. The Labute approximate surface area is 163 Å². The highest BCUT2D eigenvalue weighted by Gasteiger charge is 2.27. The molecule has 1 N–H and O–H groups in total. The lowest BCUT2D eigenvalue weighted by molar-refractivity contribution is 0.0668. The minimum atomic E-state index is -0.0233. The van der Waals surface area contributed by atoms with Crippen molar-refractivity contribution < 1.29 is 9.59 Å². The number of urea groups is 1. The number of amides is 3. The Morgan fingerprint density at radius 2 is 1.81 bits per heavy atom. The van der Waals surface area contributed by atoms with Gasteiger partial charge >= 0.3 is 6.03 Å². The van der Waals surface area contributed by atoms with E-state index in [2.05, 4.69) is 39.1 Å². The molecule has 5 nitrogen and oxygen atoms in total. The number of fused-ring (bicyclic) bond motifs is 1. The maximum Gasteiger partial charge on any atom is 0.317 e. The molecule has 1 atom stereocenters. The van der Waals surface area contributed by atoms with Gasteiger partial charge in [-0.25, -0.2) is 4.79 Å². The van der Waals surface area contributed by atoms with Crippen LogP contribution in [0.3, 0.4) is 0 Å². The highest BCUT2D eigenvalue weighted by Crippen LogP contribution is 2.31. The van der Waals surface area contributed by atoms with Crippen LogP contribution in [0.1, 0.15) is 37.4 Å². The minimum Gasteiger partial charge on any atom is -0.338 e. The van der Waals surface area contributed by atoms with Crippen LogP contribution in [0.15, 0.2) is 17.5 Å². The van der Waals surface area contributed by atoms with E-state index in [1.54, 1.807) is 22.7 Å². The molecule has 0 saturated carbocycles. The summed E-state index contributed by atoms with van der Waals surface area (Å²) in [5.74, 6) is 0.488. The fourth-order valence-corrected chi connectivity index (χ4v) is 4.87. The number of hydrogen-bond acceptors (Lipinski definition) is 4. The molecule has 26 heavy (non-hydrogen) atoms. The third-order valence-corrected chi connectivity index (χ3v) is 7.32. The molecule has 1 saturated heterocycles. The van der Waals surface area contributed by atoms with Crippen LogP contribution in [0.25, 0.3) is 9.40 Å². The highest BCUT2D eigenvalue weighted by molar-refractivity contribution is 7.27. The molecule has 3 rings (SSSR count). The lowest BCUT2D eigenvalue weighted by Gasteiger charge is -2.35. The van der Waals surface area contributed by atoms with Gasteiger partial charge < -0.3 is 15.1 Å². The summed E-state index contributed by atoms with van der Waals surface area (Å²) in [4.78, 5) is 29.5. The van der Waals surface area contributed by atoms with Crippen LogP contribution >= 0.6 is 22.7 Å². The number of carbonyl (C=O) groups excluding carboxylic acids is 2. The second kappa shape index (κ2) is 7.56. The summed E-state index contributed by atoms with van der Waals surface area (Å²) in [5.41, 5.74) is 0.173. The predicted octanol–water partition coefficient (Wildman–Crippen LogP) is 4.11. The van der Waals surface area contributed by atoms with E-state index in [-0.39, 0.29) is 17.4 Å². The Kier molecular flexibility index (Phi) is 5.58. The molecule has 0 aromatic carbocycles. The fraction of sp³-hybridized carbons (Fsp3) is 0.579. The van der Waals surface area contributed by atoms with Crippen molar-refractivity contribution in [2.45, 2.75) is 27.7 Å². The van der Waals surface area contributed by atoms with E-state index in [1.165, 1.54) is 9.40 Å². The van der Waals surface area contributed by atoms with Gasteiger partial charge in [-0.2, -0.15) is 0 Å². The van der Waals surface area contributed by atoms with E-state index >= 15 is 0 Å². The van der Waals surface area contributed by atoms with Crippen LogP contribution in [-0.4, -0.2) is 54.5 Å². The topological polar surface area (TPSA) is 52.7 Å². The van der Waals surface area contributed by atoms with Gasteiger partial charge in [0.1, 0.15) is 0 Å². The quantitative estimate of drug-likeness (QED) is 0.853. The molecule has 7 heteroatoms. The zero-order valence-electron chi connectivity index (χ0n) is 15.9. The van der Waals surface area contributed by atoms with Crippen LogP contribution in [0.4, 0.5) is 4.79 Å². The molecule has 0 spiro atoms. The molecule has 1 aliphatic heterocycles. The number of hydrogen-bond donors (Lipinski definition) is 1. The zero-order valence-corrected chi connectivity index (χ0v) is 17.5. The lowest BCUT2D eigenvalue weighted by atomic mass is 9.82. The normalized spacial score (nSPS) is 16.8. The summed E-state index contributed by atoms with van der Waals surface area (Å²) >= 11 is 3.22. The number of nitrogens with zero attached hydrogens (tertiary/aromatic N) is 2. The first-order valence-electron chi connectivity index (χ1n) is 9.05. The molecule has 3 heterocycles. The van der Waals surface area contributed by atoms with Gasteiger partial charge in [-0.3, -0.25) is 4.79 Å². The predicted molar refractivity (Wildman–Crippen MR) is 109 cm³/mol. The summed E-state index contributed by atoms with van der Waals surface area (Å²) < 4.78 is 2.34. The largest absolute Gasteiger partial charge is 0.338 e. The van der Waals surface area contributed by atoms with Crippen molar-refractivity contribution in [2.75, 3.05) is 32.7 Å². The number of piperazine rings is 1. The summed E-state index contributed by atoms with van der Waals surface area (Å²) in [5, 5.41) is 5.08. The molecule has 1 unspecified atom stereocenters. The van der Waals surface area contributed by atoms with Gasteiger partial charge in [-0.1, -0.05) is 27.7 Å². The van der Waals surface area contributed by atoms with Crippen molar-refractivity contribution in [1.82, 2.24) is 15.1 Å². The van der Waals surface area contributed by atoms with Crippen LogP contribution in [0, 0.1) is 11.3 Å². The molecular formula is C19H27N3O2S2. The van der Waals surface area contributed by atoms with Crippen LogP contribution < -0.4 is 5.32 Å². The molecule has 0 radical (unpaired) electrons. The second-order valence-electron chi connectivity index (χ2n) is 7.99. The van der Waals surface area contributed by atoms with Crippen LogP contribution in [0.5, 0.6) is 0 Å². The Morgan fingerprint density at radius 3 is 2.42 bits per heavy atom. The van der Waals surface area contributed by atoms with E-state index in [4.69, 9.17) is 0 Å². The summed E-state index contributed by atoms with van der Waals surface area (Å²) in [6.07, 6.45) is 0. The lowest BCUT2D eigenvalue weighted by Crippen LogP contribution is -2.53. The van der Waals surface area contributed by atoms with Crippen molar-refractivity contribution in [3.63, 3.8) is 0 Å². The first kappa shape index (κ1) is 19.2. The SMILES string of the molecule is CC(CNC(=O)N1CCN(C(=O)c2cc3sccc3s2)CC1)C(C)(C)C. The summed E-state index contributed by atoms with van der Waals surface area (Å²) in [7, 11) is 0. The van der Waals surface area contributed by atoms with Gasteiger partial charge in [0.05, 0.1) is 4.88 Å². The first-order chi connectivity index (χ1) is 12.3. The fourth-order valence-electron chi connectivity index (χ4n) is 2.80. The molecular weight excluding hydrogens is 366 g/mol. The Bertz CT molecular complexity index is 754. The average molecular weight is 394 g/mol. The summed E-state index contributed by atoms with van der Waals surface area (Å²) in [6, 6.07) is 4.02.